The first-order valence-electron chi connectivity index (χ1n) is 14.6. The normalized spacial score (nSPS) is 23.2. The van der Waals surface area contributed by atoms with Gasteiger partial charge in [-0.05, 0) is 71.4 Å². The summed E-state index contributed by atoms with van der Waals surface area (Å²) in [7, 11) is 0. The van der Waals surface area contributed by atoms with Crippen molar-refractivity contribution in [2.45, 2.75) is 71.1 Å². The van der Waals surface area contributed by atoms with Gasteiger partial charge in [-0.2, -0.15) is 5.10 Å². The molecule has 0 bridgehead atoms. The number of aryl methyl sites for hydroxylation is 1. The highest BCUT2D eigenvalue weighted by Gasteiger charge is 2.38. The number of hydrogen-bond donors (Lipinski definition) is 1. The Bertz CT molecular complexity index is 1140. The number of alkyl carbamates (subject to hydrolysis) is 1. The Hall–Kier alpha value is -2.72. The van der Waals surface area contributed by atoms with E-state index in [0.717, 1.165) is 81.4 Å². The molecule has 3 aliphatic rings. The number of aromatic nitrogens is 2. The molecule has 1 saturated carbocycles. The highest BCUT2D eigenvalue weighted by atomic mass is 32.2. The summed E-state index contributed by atoms with van der Waals surface area (Å²) in [4.78, 5) is 33.1. The van der Waals surface area contributed by atoms with E-state index in [4.69, 9.17) is 9.84 Å². The molecule has 0 unspecified atom stereocenters. The lowest BCUT2D eigenvalue weighted by Crippen LogP contribution is -2.55. The molecule has 2 aromatic rings. The van der Waals surface area contributed by atoms with Gasteiger partial charge >= 0.3 is 6.09 Å². The van der Waals surface area contributed by atoms with Gasteiger partial charge < -0.3 is 19.9 Å². The second-order valence-corrected chi connectivity index (χ2v) is 13.3. The number of nitrogens with zero attached hydrogens (tertiary/aromatic N) is 5. The van der Waals surface area contributed by atoms with Crippen LogP contribution in [-0.2, 0) is 9.53 Å². The Kier molecular flexibility index (Phi) is 8.95. The molecule has 5 rings (SSSR count). The first-order valence-corrected chi connectivity index (χ1v) is 15.8. The average Bonchev–Trinajstić information content (AvgIpc) is 3.62. The van der Waals surface area contributed by atoms with Gasteiger partial charge in [0, 0.05) is 50.6 Å². The van der Waals surface area contributed by atoms with E-state index in [1.54, 1.807) is 11.8 Å². The molecule has 1 N–H and O–H groups in total. The van der Waals surface area contributed by atoms with Gasteiger partial charge in [0.1, 0.15) is 17.5 Å². The smallest absolute Gasteiger partial charge is 0.408 e. The van der Waals surface area contributed by atoms with Gasteiger partial charge in [0.05, 0.1) is 17.3 Å². The minimum absolute atomic E-state index is 0.0400. The zero-order valence-electron chi connectivity index (χ0n) is 24.3. The van der Waals surface area contributed by atoms with Crippen LogP contribution in [0.4, 0.5) is 10.6 Å². The van der Waals surface area contributed by atoms with E-state index in [1.165, 1.54) is 0 Å². The van der Waals surface area contributed by atoms with Crippen molar-refractivity contribution in [2.75, 3.05) is 49.3 Å². The fourth-order valence-corrected chi connectivity index (χ4v) is 7.14. The minimum atomic E-state index is -0.599. The number of nitrogens with one attached hydrogen (secondary N) is 1. The molecule has 40 heavy (non-hydrogen) atoms. The molecule has 1 atom stereocenters. The summed E-state index contributed by atoms with van der Waals surface area (Å²) in [6.07, 6.45) is 3.44. The molecule has 2 saturated heterocycles. The third kappa shape index (κ3) is 6.94. The number of amides is 2. The van der Waals surface area contributed by atoms with Gasteiger partial charge in [-0.1, -0.05) is 18.2 Å². The molecule has 1 aliphatic carbocycles. The fourth-order valence-electron chi connectivity index (χ4n) is 6.19. The standard InChI is InChI=1S/C30H44N6O3S/c1-22-20-26(36(32-22)25-8-6-5-7-9-25)34-16-14-33(15-17-34)24-12-10-23(11-13-24)27(28(37)35-18-19-40-21-35)31-29(38)39-30(2,3)4/h5-9,20,23-24,27H,10-19,21H2,1-4H3,(H,31,38)/t23?,24?,27-/m0/s1. The zero-order valence-corrected chi connectivity index (χ0v) is 25.2. The molecule has 3 heterocycles. The monoisotopic (exact) mass is 568 g/mol. The fraction of sp³-hybridized carbons (Fsp3) is 0.633. The van der Waals surface area contributed by atoms with Crippen LogP contribution in [0.15, 0.2) is 36.4 Å². The number of rotatable bonds is 6. The highest BCUT2D eigenvalue weighted by Crippen LogP contribution is 2.33. The number of benzene rings is 1. The van der Waals surface area contributed by atoms with Gasteiger partial charge in [0.15, 0.2) is 0 Å². The summed E-state index contributed by atoms with van der Waals surface area (Å²) < 4.78 is 7.59. The van der Waals surface area contributed by atoms with Crippen LogP contribution in [0.1, 0.15) is 52.1 Å². The number of piperazine rings is 1. The summed E-state index contributed by atoms with van der Waals surface area (Å²) in [5.74, 6) is 2.98. The number of carbonyl (C=O) groups excluding carboxylic acids is 2. The predicted octanol–water partition coefficient (Wildman–Crippen LogP) is 4.29. The van der Waals surface area contributed by atoms with E-state index >= 15 is 0 Å². The topological polar surface area (TPSA) is 82.9 Å². The Labute approximate surface area is 242 Å². The summed E-state index contributed by atoms with van der Waals surface area (Å²) in [5.41, 5.74) is 1.51. The van der Waals surface area contributed by atoms with E-state index in [-0.39, 0.29) is 11.8 Å². The Morgan fingerprint density at radius 1 is 1.02 bits per heavy atom. The van der Waals surface area contributed by atoms with Crippen LogP contribution in [0.25, 0.3) is 5.69 Å². The number of hydrogen-bond acceptors (Lipinski definition) is 7. The molecule has 9 nitrogen and oxygen atoms in total. The quantitative estimate of drug-likeness (QED) is 0.557. The van der Waals surface area contributed by atoms with Crippen molar-refractivity contribution in [1.82, 2.24) is 24.9 Å². The first kappa shape index (κ1) is 28.8. The lowest BCUT2D eigenvalue weighted by molar-refractivity contribution is -0.133. The van der Waals surface area contributed by atoms with Crippen LogP contribution >= 0.6 is 11.8 Å². The second-order valence-electron chi connectivity index (χ2n) is 12.2. The SMILES string of the molecule is Cc1cc(N2CCN(C3CCC([C@H](NC(=O)OC(C)(C)C)C(=O)N4CCSC4)CC3)CC2)n(-c2ccccc2)n1. The summed E-state index contributed by atoms with van der Waals surface area (Å²) in [6.45, 7) is 12.3. The largest absolute Gasteiger partial charge is 0.444 e. The number of ether oxygens (including phenoxy) is 1. The van der Waals surface area contributed by atoms with Crippen LogP contribution in [0, 0.1) is 12.8 Å². The molecule has 0 radical (unpaired) electrons. The van der Waals surface area contributed by atoms with Gasteiger partial charge in [-0.3, -0.25) is 9.69 Å². The van der Waals surface area contributed by atoms with E-state index in [1.807, 2.05) is 31.7 Å². The summed E-state index contributed by atoms with van der Waals surface area (Å²) >= 11 is 1.77. The minimum Gasteiger partial charge on any atom is -0.444 e. The Balaban J connectivity index is 1.17. The summed E-state index contributed by atoms with van der Waals surface area (Å²) in [6, 6.07) is 12.5. The number of carbonyl (C=O) groups is 2. The maximum absolute atomic E-state index is 13.5. The molecule has 2 aliphatic heterocycles. The second kappa shape index (κ2) is 12.4. The average molecular weight is 569 g/mol. The van der Waals surface area contributed by atoms with Crippen LogP contribution in [-0.4, -0.2) is 93.6 Å². The number of thioether (sulfide) groups is 1. The molecule has 3 fully saturated rings. The zero-order chi connectivity index (χ0) is 28.3. The molecule has 218 valence electrons. The predicted molar refractivity (Wildman–Crippen MR) is 160 cm³/mol. The molecule has 2 amide bonds. The van der Waals surface area contributed by atoms with Gasteiger partial charge in [0.2, 0.25) is 5.91 Å². The maximum atomic E-state index is 13.5. The van der Waals surface area contributed by atoms with Gasteiger partial charge in [-0.15, -0.1) is 11.8 Å². The molecule has 0 spiro atoms. The highest BCUT2D eigenvalue weighted by molar-refractivity contribution is 7.99. The molecule has 10 heteroatoms. The Morgan fingerprint density at radius 2 is 1.73 bits per heavy atom. The van der Waals surface area contributed by atoms with Crippen molar-refractivity contribution in [3.8, 4) is 5.69 Å². The van der Waals surface area contributed by atoms with Crippen molar-refractivity contribution in [1.29, 1.82) is 0 Å². The first-order chi connectivity index (χ1) is 19.2. The van der Waals surface area contributed by atoms with Gasteiger partial charge in [-0.25, -0.2) is 9.48 Å². The van der Waals surface area contributed by atoms with Crippen molar-refractivity contribution in [2.24, 2.45) is 5.92 Å². The van der Waals surface area contributed by atoms with Gasteiger partial charge in [0.25, 0.3) is 0 Å². The van der Waals surface area contributed by atoms with Crippen LogP contribution in [0.2, 0.25) is 0 Å². The maximum Gasteiger partial charge on any atom is 0.408 e. The molecular weight excluding hydrogens is 524 g/mol. The van der Waals surface area contributed by atoms with E-state index in [0.29, 0.717) is 11.9 Å². The van der Waals surface area contributed by atoms with Crippen molar-refractivity contribution >= 4 is 29.6 Å². The molecule has 1 aromatic carbocycles. The lowest BCUT2D eigenvalue weighted by atomic mass is 9.80. The molecule has 1 aromatic heterocycles. The van der Waals surface area contributed by atoms with Crippen molar-refractivity contribution in [3.63, 3.8) is 0 Å². The van der Waals surface area contributed by atoms with Crippen LogP contribution in [0.3, 0.4) is 0 Å². The number of para-hydroxylation sites is 1. The third-order valence-corrected chi connectivity index (χ3v) is 9.15. The van der Waals surface area contributed by atoms with E-state index in [2.05, 4.69) is 57.1 Å². The Morgan fingerprint density at radius 3 is 2.35 bits per heavy atom. The number of anilines is 1. The molecular formula is C30H44N6O3S. The van der Waals surface area contributed by atoms with Crippen LogP contribution < -0.4 is 10.2 Å². The summed E-state index contributed by atoms with van der Waals surface area (Å²) in [5, 5.41) is 7.73. The third-order valence-electron chi connectivity index (χ3n) is 8.18. The van der Waals surface area contributed by atoms with E-state index in [9.17, 15) is 9.59 Å². The van der Waals surface area contributed by atoms with Crippen molar-refractivity contribution < 1.29 is 14.3 Å². The van der Waals surface area contributed by atoms with Crippen molar-refractivity contribution in [3.05, 3.63) is 42.1 Å². The van der Waals surface area contributed by atoms with Crippen LogP contribution in [0.5, 0.6) is 0 Å². The van der Waals surface area contributed by atoms with E-state index < -0.39 is 17.7 Å². The lowest BCUT2D eigenvalue weighted by Gasteiger charge is -2.43.